The zero-order valence-corrected chi connectivity index (χ0v) is 17.7. The van der Waals surface area contributed by atoms with Gasteiger partial charge in [0.2, 0.25) is 5.91 Å². The molecule has 4 rings (SSSR count). The standard InChI is InChI=1S/C23H29N3O2S/c27-23(11-6-20-4-2-1-3-5-20)25-12-14-26(15-13-25)29-22-9-7-21(8-10-22)24-16-18-28-19-17-24/h1-5,7-10H,6,11-19H2. The van der Waals surface area contributed by atoms with Crippen LogP contribution in [-0.2, 0) is 16.0 Å². The summed E-state index contributed by atoms with van der Waals surface area (Å²) in [5.74, 6) is 0.272. The molecule has 2 aliphatic rings. The average Bonchev–Trinajstić information content (AvgIpc) is 2.80. The Bertz CT molecular complexity index is 770. The van der Waals surface area contributed by atoms with Gasteiger partial charge < -0.3 is 14.5 Å². The van der Waals surface area contributed by atoms with Gasteiger partial charge >= 0.3 is 0 Å². The molecule has 0 saturated carbocycles. The van der Waals surface area contributed by atoms with Crippen molar-refractivity contribution >= 4 is 23.5 Å². The van der Waals surface area contributed by atoms with E-state index in [1.807, 2.05) is 23.1 Å². The molecule has 5 nitrogen and oxygen atoms in total. The van der Waals surface area contributed by atoms with Crippen LogP contribution in [0.4, 0.5) is 5.69 Å². The van der Waals surface area contributed by atoms with Crippen LogP contribution in [0, 0.1) is 0 Å². The van der Waals surface area contributed by atoms with E-state index in [1.54, 1.807) is 11.9 Å². The normalized spacial score (nSPS) is 18.1. The Balaban J connectivity index is 1.21. The second kappa shape index (κ2) is 10.1. The van der Waals surface area contributed by atoms with E-state index >= 15 is 0 Å². The van der Waals surface area contributed by atoms with Crippen molar-refractivity contribution in [3.8, 4) is 0 Å². The number of carbonyl (C=O) groups is 1. The van der Waals surface area contributed by atoms with E-state index in [9.17, 15) is 4.79 Å². The Morgan fingerprint density at radius 1 is 0.862 bits per heavy atom. The van der Waals surface area contributed by atoms with Crippen LogP contribution in [0.3, 0.4) is 0 Å². The predicted molar refractivity (Wildman–Crippen MR) is 118 cm³/mol. The molecule has 0 atom stereocenters. The van der Waals surface area contributed by atoms with Gasteiger partial charge in [-0.3, -0.25) is 4.79 Å². The summed E-state index contributed by atoms with van der Waals surface area (Å²) < 4.78 is 7.79. The summed E-state index contributed by atoms with van der Waals surface area (Å²) in [7, 11) is 0. The molecule has 29 heavy (non-hydrogen) atoms. The minimum Gasteiger partial charge on any atom is -0.378 e. The number of amides is 1. The van der Waals surface area contributed by atoms with Gasteiger partial charge in [-0.05, 0) is 48.2 Å². The van der Waals surface area contributed by atoms with Crippen LogP contribution in [0.15, 0.2) is 59.5 Å². The molecule has 0 unspecified atom stereocenters. The van der Waals surface area contributed by atoms with Crippen molar-refractivity contribution in [1.29, 1.82) is 0 Å². The molecule has 0 N–H and O–H groups in total. The zero-order chi connectivity index (χ0) is 19.9. The van der Waals surface area contributed by atoms with E-state index in [4.69, 9.17) is 4.74 Å². The first kappa shape index (κ1) is 20.3. The van der Waals surface area contributed by atoms with Crippen molar-refractivity contribution < 1.29 is 9.53 Å². The average molecular weight is 412 g/mol. The van der Waals surface area contributed by atoms with Gasteiger partial charge in [0.1, 0.15) is 0 Å². The highest BCUT2D eigenvalue weighted by atomic mass is 32.2. The lowest BCUT2D eigenvalue weighted by molar-refractivity contribution is -0.132. The highest BCUT2D eigenvalue weighted by Crippen LogP contribution is 2.27. The number of carbonyl (C=O) groups excluding carboxylic acids is 1. The second-order valence-electron chi connectivity index (χ2n) is 7.48. The van der Waals surface area contributed by atoms with Crippen LogP contribution < -0.4 is 4.90 Å². The molecule has 154 valence electrons. The summed E-state index contributed by atoms with van der Waals surface area (Å²) in [6.07, 6.45) is 1.42. The van der Waals surface area contributed by atoms with Crippen molar-refractivity contribution in [3.05, 3.63) is 60.2 Å². The molecule has 0 spiro atoms. The first-order valence-corrected chi connectivity index (χ1v) is 11.2. The Labute approximate surface area is 177 Å². The molecule has 0 aliphatic carbocycles. The molecule has 6 heteroatoms. The maximum Gasteiger partial charge on any atom is 0.222 e. The number of hydrogen-bond donors (Lipinski definition) is 0. The molecular weight excluding hydrogens is 382 g/mol. The third-order valence-corrected chi connectivity index (χ3v) is 6.62. The number of nitrogens with zero attached hydrogens (tertiary/aromatic N) is 3. The number of anilines is 1. The van der Waals surface area contributed by atoms with Crippen LogP contribution >= 0.6 is 11.9 Å². The Morgan fingerprint density at radius 2 is 1.55 bits per heavy atom. The molecule has 2 aromatic carbocycles. The van der Waals surface area contributed by atoms with E-state index in [-0.39, 0.29) is 5.91 Å². The van der Waals surface area contributed by atoms with E-state index in [0.29, 0.717) is 6.42 Å². The Hall–Kier alpha value is -2.02. The van der Waals surface area contributed by atoms with Crippen LogP contribution in [0.25, 0.3) is 0 Å². The summed E-state index contributed by atoms with van der Waals surface area (Å²) in [5.41, 5.74) is 2.50. The molecule has 0 radical (unpaired) electrons. The fraction of sp³-hybridized carbons (Fsp3) is 0.435. The minimum atomic E-state index is 0.272. The van der Waals surface area contributed by atoms with Gasteiger partial charge in [0.05, 0.1) is 13.2 Å². The van der Waals surface area contributed by atoms with Gasteiger partial charge in [0.25, 0.3) is 0 Å². The molecule has 2 fully saturated rings. The quantitative estimate of drug-likeness (QED) is 0.682. The van der Waals surface area contributed by atoms with Crippen LogP contribution in [0.1, 0.15) is 12.0 Å². The van der Waals surface area contributed by atoms with Gasteiger partial charge in [-0.1, -0.05) is 30.3 Å². The third kappa shape index (κ3) is 5.75. The summed E-state index contributed by atoms with van der Waals surface area (Å²) in [6, 6.07) is 19.1. The largest absolute Gasteiger partial charge is 0.378 e. The fourth-order valence-corrected chi connectivity index (χ4v) is 4.67. The highest BCUT2D eigenvalue weighted by Gasteiger charge is 2.21. The molecule has 0 bridgehead atoms. The summed E-state index contributed by atoms with van der Waals surface area (Å²) in [6.45, 7) is 6.99. The van der Waals surface area contributed by atoms with E-state index < -0.39 is 0 Å². The maximum absolute atomic E-state index is 12.5. The third-order valence-electron chi connectivity index (χ3n) is 5.51. The second-order valence-corrected chi connectivity index (χ2v) is 8.65. The van der Waals surface area contributed by atoms with Crippen molar-refractivity contribution in [2.45, 2.75) is 17.7 Å². The van der Waals surface area contributed by atoms with Crippen LogP contribution in [-0.4, -0.2) is 67.6 Å². The number of benzene rings is 2. The van der Waals surface area contributed by atoms with Gasteiger partial charge in [-0.2, -0.15) is 0 Å². The van der Waals surface area contributed by atoms with E-state index in [1.165, 1.54) is 16.1 Å². The molecular formula is C23H29N3O2S. The summed E-state index contributed by atoms with van der Waals surface area (Å²) >= 11 is 1.80. The number of morpholine rings is 1. The summed E-state index contributed by atoms with van der Waals surface area (Å²) in [5, 5.41) is 0. The molecule has 2 saturated heterocycles. The highest BCUT2D eigenvalue weighted by molar-refractivity contribution is 7.97. The lowest BCUT2D eigenvalue weighted by Gasteiger charge is -2.34. The number of hydrogen-bond acceptors (Lipinski definition) is 5. The SMILES string of the molecule is O=C(CCc1ccccc1)N1CCN(Sc2ccc(N3CCOCC3)cc2)CC1. The van der Waals surface area contributed by atoms with Crippen LogP contribution in [0.2, 0.25) is 0 Å². The zero-order valence-electron chi connectivity index (χ0n) is 16.8. The number of piperazine rings is 1. The van der Waals surface area contributed by atoms with Crippen molar-refractivity contribution in [1.82, 2.24) is 9.21 Å². The number of rotatable bonds is 6. The van der Waals surface area contributed by atoms with Gasteiger partial charge in [-0.25, -0.2) is 4.31 Å². The minimum absolute atomic E-state index is 0.272. The Morgan fingerprint density at radius 3 is 2.24 bits per heavy atom. The van der Waals surface area contributed by atoms with Gasteiger partial charge in [0, 0.05) is 56.3 Å². The molecule has 2 aliphatic heterocycles. The Kier molecular flexibility index (Phi) is 7.09. The first-order chi connectivity index (χ1) is 14.3. The first-order valence-electron chi connectivity index (χ1n) is 10.5. The maximum atomic E-state index is 12.5. The monoisotopic (exact) mass is 411 g/mol. The molecule has 2 aromatic rings. The smallest absolute Gasteiger partial charge is 0.222 e. The van der Waals surface area contributed by atoms with E-state index in [2.05, 4.69) is 45.6 Å². The fourth-order valence-electron chi connectivity index (χ4n) is 3.77. The molecule has 1 amide bonds. The number of aryl methyl sites for hydroxylation is 1. The van der Waals surface area contributed by atoms with Gasteiger partial charge in [0.15, 0.2) is 0 Å². The predicted octanol–water partition coefficient (Wildman–Crippen LogP) is 3.31. The molecule has 2 heterocycles. The van der Waals surface area contributed by atoms with Crippen molar-refractivity contribution in [3.63, 3.8) is 0 Å². The number of ether oxygens (including phenoxy) is 1. The summed E-state index contributed by atoms with van der Waals surface area (Å²) in [4.78, 5) is 18.2. The molecule has 0 aromatic heterocycles. The van der Waals surface area contributed by atoms with Crippen LogP contribution in [0.5, 0.6) is 0 Å². The van der Waals surface area contributed by atoms with Gasteiger partial charge in [-0.15, -0.1) is 0 Å². The lowest BCUT2D eigenvalue weighted by atomic mass is 10.1. The topological polar surface area (TPSA) is 36.0 Å². The lowest BCUT2D eigenvalue weighted by Crippen LogP contribution is -2.46. The van der Waals surface area contributed by atoms with E-state index in [0.717, 1.165) is 58.9 Å². The van der Waals surface area contributed by atoms with Crippen molar-refractivity contribution in [2.24, 2.45) is 0 Å². The van der Waals surface area contributed by atoms with Crippen molar-refractivity contribution in [2.75, 3.05) is 57.4 Å².